The van der Waals surface area contributed by atoms with E-state index in [1.54, 1.807) is 54.8 Å². The normalized spacial score (nSPS) is 12.5. The number of amides is 2. The Labute approximate surface area is 227 Å². The fourth-order valence-electron chi connectivity index (χ4n) is 4.60. The molecule has 198 valence electrons. The van der Waals surface area contributed by atoms with E-state index in [2.05, 4.69) is 20.3 Å². The lowest BCUT2D eigenvalue weighted by molar-refractivity contribution is 0.0992. The van der Waals surface area contributed by atoms with E-state index in [9.17, 15) is 9.59 Å². The van der Waals surface area contributed by atoms with Crippen LogP contribution in [0.2, 0.25) is 0 Å². The summed E-state index contributed by atoms with van der Waals surface area (Å²) in [4.78, 5) is 43.0. The summed E-state index contributed by atoms with van der Waals surface area (Å²) in [5, 5.41) is 2.90. The summed E-state index contributed by atoms with van der Waals surface area (Å²) in [6.45, 7) is 6.79. The zero-order valence-corrected chi connectivity index (χ0v) is 22.4. The van der Waals surface area contributed by atoms with E-state index in [1.807, 2.05) is 49.9 Å². The van der Waals surface area contributed by atoms with Crippen molar-refractivity contribution in [3.8, 4) is 5.75 Å². The Kier molecular flexibility index (Phi) is 7.23. The Morgan fingerprint density at radius 2 is 1.79 bits per heavy atom. The molecule has 9 heteroatoms. The number of aromatic nitrogens is 3. The van der Waals surface area contributed by atoms with Gasteiger partial charge in [-0.05, 0) is 80.4 Å². The molecule has 0 unspecified atom stereocenters. The first-order valence-electron chi connectivity index (χ1n) is 12.8. The van der Waals surface area contributed by atoms with Crippen molar-refractivity contribution < 1.29 is 14.3 Å². The Morgan fingerprint density at radius 1 is 1.00 bits per heavy atom. The third-order valence-corrected chi connectivity index (χ3v) is 6.75. The number of hydrogen-bond acceptors (Lipinski definition) is 7. The molecule has 5 rings (SSSR count). The van der Waals surface area contributed by atoms with Gasteiger partial charge in [0.1, 0.15) is 11.6 Å². The fraction of sp³-hybridized carbons (Fsp3) is 0.233. The molecule has 0 bridgehead atoms. The van der Waals surface area contributed by atoms with Gasteiger partial charge in [-0.2, -0.15) is 0 Å². The van der Waals surface area contributed by atoms with Crippen molar-refractivity contribution in [1.82, 2.24) is 15.0 Å². The Morgan fingerprint density at radius 3 is 2.56 bits per heavy atom. The van der Waals surface area contributed by atoms with Crippen molar-refractivity contribution in [3.63, 3.8) is 0 Å². The van der Waals surface area contributed by atoms with Crippen LogP contribution >= 0.6 is 0 Å². The van der Waals surface area contributed by atoms with Gasteiger partial charge in [0.15, 0.2) is 5.82 Å². The second kappa shape index (κ2) is 10.9. The number of ether oxygens (including phenoxy) is 1. The van der Waals surface area contributed by atoms with E-state index in [0.29, 0.717) is 53.8 Å². The summed E-state index contributed by atoms with van der Waals surface area (Å²) in [6, 6.07) is 14.6. The van der Waals surface area contributed by atoms with E-state index in [-0.39, 0.29) is 11.8 Å². The van der Waals surface area contributed by atoms with Crippen LogP contribution in [0.4, 0.5) is 23.0 Å². The molecule has 0 aliphatic carbocycles. The fourth-order valence-corrected chi connectivity index (χ4v) is 4.60. The number of fused-ring (bicyclic) bond motifs is 2. The average molecular weight is 523 g/mol. The van der Waals surface area contributed by atoms with Gasteiger partial charge in [-0.25, -0.2) is 9.97 Å². The quantitative estimate of drug-likeness (QED) is 0.360. The second-order valence-electron chi connectivity index (χ2n) is 9.34. The van der Waals surface area contributed by atoms with Crippen LogP contribution in [-0.2, 0) is 6.42 Å². The zero-order chi connectivity index (χ0) is 27.5. The van der Waals surface area contributed by atoms with Gasteiger partial charge in [0.2, 0.25) is 0 Å². The van der Waals surface area contributed by atoms with Crippen LogP contribution < -0.4 is 19.9 Å². The number of carbonyl (C=O) groups excluding carboxylic acids is 2. The van der Waals surface area contributed by atoms with E-state index in [0.717, 1.165) is 22.5 Å². The highest BCUT2D eigenvalue weighted by Gasteiger charge is 2.30. The van der Waals surface area contributed by atoms with Crippen LogP contribution in [0.1, 0.15) is 44.5 Å². The maximum Gasteiger partial charge on any atom is 0.261 e. The van der Waals surface area contributed by atoms with Crippen LogP contribution in [0, 0.1) is 13.8 Å². The number of rotatable bonds is 7. The van der Waals surface area contributed by atoms with Gasteiger partial charge in [0, 0.05) is 44.2 Å². The lowest BCUT2D eigenvalue weighted by atomic mass is 10.1. The highest BCUT2D eigenvalue weighted by molar-refractivity contribution is 6.12. The summed E-state index contributed by atoms with van der Waals surface area (Å²) in [7, 11) is 1.76. The van der Waals surface area contributed by atoms with Crippen molar-refractivity contribution >= 4 is 34.8 Å². The average Bonchev–Trinajstić information content (AvgIpc) is 3.03. The van der Waals surface area contributed by atoms with Crippen LogP contribution in [-0.4, -0.2) is 47.0 Å². The monoisotopic (exact) mass is 522 g/mol. The number of nitrogens with one attached hydrogen (secondary N) is 1. The van der Waals surface area contributed by atoms with Crippen molar-refractivity contribution in [1.29, 1.82) is 0 Å². The van der Waals surface area contributed by atoms with E-state index >= 15 is 0 Å². The predicted molar refractivity (Wildman–Crippen MR) is 151 cm³/mol. The highest BCUT2D eigenvalue weighted by Crippen LogP contribution is 2.37. The van der Waals surface area contributed by atoms with Crippen molar-refractivity contribution in [2.24, 2.45) is 0 Å². The molecule has 0 spiro atoms. The SMILES string of the molecule is CCN1c2ncc(CCOc3ccc(C(=O)Nc4cccnc4C)cc3C)cc2C(=O)N(C)c2cccnc21. The maximum atomic E-state index is 13.3. The van der Waals surface area contributed by atoms with Gasteiger partial charge in [-0.15, -0.1) is 0 Å². The first-order valence-corrected chi connectivity index (χ1v) is 12.8. The number of nitrogens with zero attached hydrogens (tertiary/aromatic N) is 5. The standard InChI is InChI=1S/C30H30N6O3/c1-5-36-27-23(30(38)35(4)25-9-7-14-32-28(25)36)17-21(18-33-27)12-15-39-26-11-10-22(16-19(26)2)29(37)34-24-8-6-13-31-20(24)3/h6-11,13-14,16-18H,5,12,15H2,1-4H3,(H,34,37). The van der Waals surface area contributed by atoms with Crippen LogP contribution in [0.15, 0.2) is 67.1 Å². The Hall–Kier alpha value is -4.79. The number of benzene rings is 1. The molecule has 39 heavy (non-hydrogen) atoms. The molecule has 4 aromatic rings. The van der Waals surface area contributed by atoms with Crippen molar-refractivity contribution in [2.45, 2.75) is 27.2 Å². The molecule has 0 atom stereocenters. The predicted octanol–water partition coefficient (Wildman–Crippen LogP) is 5.11. The van der Waals surface area contributed by atoms with E-state index in [1.165, 1.54) is 0 Å². The van der Waals surface area contributed by atoms with E-state index < -0.39 is 0 Å². The van der Waals surface area contributed by atoms with Gasteiger partial charge < -0.3 is 19.9 Å². The molecule has 1 aliphatic heterocycles. The van der Waals surface area contributed by atoms with Gasteiger partial charge >= 0.3 is 0 Å². The highest BCUT2D eigenvalue weighted by atomic mass is 16.5. The third kappa shape index (κ3) is 5.16. The van der Waals surface area contributed by atoms with Crippen molar-refractivity contribution in [3.05, 3.63) is 95.1 Å². The molecule has 0 radical (unpaired) electrons. The minimum atomic E-state index is -0.204. The lowest BCUT2D eigenvalue weighted by Crippen LogP contribution is -2.25. The number of aryl methyl sites for hydroxylation is 2. The summed E-state index contributed by atoms with van der Waals surface area (Å²) in [5.74, 6) is 1.67. The van der Waals surface area contributed by atoms with Crippen LogP contribution in [0.25, 0.3) is 0 Å². The zero-order valence-electron chi connectivity index (χ0n) is 22.4. The number of carbonyl (C=O) groups is 2. The first-order chi connectivity index (χ1) is 18.9. The second-order valence-corrected chi connectivity index (χ2v) is 9.34. The summed E-state index contributed by atoms with van der Waals surface area (Å²) in [6.07, 6.45) is 5.76. The van der Waals surface area contributed by atoms with Gasteiger partial charge in [0.05, 0.1) is 29.2 Å². The topological polar surface area (TPSA) is 101 Å². The molecule has 0 fully saturated rings. The molecule has 1 N–H and O–H groups in total. The Balaban J connectivity index is 1.27. The third-order valence-electron chi connectivity index (χ3n) is 6.75. The molecular formula is C30H30N6O3. The molecule has 3 aromatic heterocycles. The molecule has 9 nitrogen and oxygen atoms in total. The molecule has 1 aliphatic rings. The van der Waals surface area contributed by atoms with Crippen LogP contribution in [0.5, 0.6) is 5.75 Å². The smallest absolute Gasteiger partial charge is 0.261 e. The largest absolute Gasteiger partial charge is 0.493 e. The molecule has 0 saturated carbocycles. The molecule has 1 aromatic carbocycles. The number of hydrogen-bond donors (Lipinski definition) is 1. The first kappa shape index (κ1) is 25.8. The molecular weight excluding hydrogens is 492 g/mol. The lowest BCUT2D eigenvalue weighted by Gasteiger charge is -2.22. The molecule has 4 heterocycles. The van der Waals surface area contributed by atoms with Crippen LogP contribution in [0.3, 0.4) is 0 Å². The van der Waals surface area contributed by atoms with Gasteiger partial charge in [0.25, 0.3) is 11.8 Å². The summed E-state index contributed by atoms with van der Waals surface area (Å²) >= 11 is 0. The summed E-state index contributed by atoms with van der Waals surface area (Å²) in [5.41, 5.74) is 5.00. The Bertz CT molecular complexity index is 1550. The minimum Gasteiger partial charge on any atom is -0.493 e. The number of pyridine rings is 3. The minimum absolute atomic E-state index is 0.128. The van der Waals surface area contributed by atoms with E-state index in [4.69, 9.17) is 4.74 Å². The number of anilines is 4. The molecule has 0 saturated heterocycles. The maximum absolute atomic E-state index is 13.3. The van der Waals surface area contributed by atoms with Gasteiger partial charge in [-0.1, -0.05) is 0 Å². The molecule has 2 amide bonds. The summed E-state index contributed by atoms with van der Waals surface area (Å²) < 4.78 is 6.04. The van der Waals surface area contributed by atoms with Gasteiger partial charge in [-0.3, -0.25) is 14.6 Å². The van der Waals surface area contributed by atoms with Crippen molar-refractivity contribution in [2.75, 3.05) is 35.3 Å².